The molecule has 1 aromatic heterocycles. The van der Waals surface area contributed by atoms with Crippen LogP contribution in [0.25, 0.3) is 11.0 Å². The van der Waals surface area contributed by atoms with Crippen molar-refractivity contribution < 1.29 is 5.11 Å². The minimum Gasteiger partial charge on any atom is -0.395 e. The van der Waals surface area contributed by atoms with E-state index in [-0.39, 0.29) is 6.61 Å². The summed E-state index contributed by atoms with van der Waals surface area (Å²) in [4.78, 5) is 4.21. The SMILES string of the molecule is OCCn1cnc2ccc(Br)cc21. The predicted molar refractivity (Wildman–Crippen MR) is 54.5 cm³/mol. The second-order valence-corrected chi connectivity index (χ2v) is 3.71. The molecule has 0 aliphatic rings. The fourth-order valence-corrected chi connectivity index (χ4v) is 1.66. The van der Waals surface area contributed by atoms with Crippen LogP contribution in [0.2, 0.25) is 0 Å². The summed E-state index contributed by atoms with van der Waals surface area (Å²) in [6, 6.07) is 5.91. The van der Waals surface area contributed by atoms with Crippen LogP contribution in [0.4, 0.5) is 0 Å². The number of halogens is 1. The molecule has 2 rings (SSSR count). The highest BCUT2D eigenvalue weighted by molar-refractivity contribution is 9.10. The number of hydrogen-bond acceptors (Lipinski definition) is 2. The molecule has 0 unspecified atom stereocenters. The number of aliphatic hydroxyl groups is 1. The molecule has 0 aliphatic heterocycles. The Morgan fingerprint density at radius 2 is 2.31 bits per heavy atom. The second-order valence-electron chi connectivity index (χ2n) is 2.79. The number of nitrogens with zero attached hydrogens (tertiary/aromatic N) is 2. The quantitative estimate of drug-likeness (QED) is 0.870. The van der Waals surface area contributed by atoms with Crippen LogP contribution in [0.3, 0.4) is 0 Å². The van der Waals surface area contributed by atoms with Gasteiger partial charge in [-0.1, -0.05) is 15.9 Å². The first-order valence-electron chi connectivity index (χ1n) is 4.02. The largest absolute Gasteiger partial charge is 0.395 e. The first-order chi connectivity index (χ1) is 6.31. The monoisotopic (exact) mass is 240 g/mol. The first kappa shape index (κ1) is 8.72. The van der Waals surface area contributed by atoms with E-state index in [0.717, 1.165) is 15.5 Å². The molecule has 68 valence electrons. The lowest BCUT2D eigenvalue weighted by atomic mass is 10.3. The van der Waals surface area contributed by atoms with E-state index >= 15 is 0 Å². The highest BCUT2D eigenvalue weighted by atomic mass is 79.9. The molecule has 0 radical (unpaired) electrons. The molecule has 0 spiro atoms. The highest BCUT2D eigenvalue weighted by Crippen LogP contribution is 2.18. The zero-order valence-electron chi connectivity index (χ0n) is 6.94. The molecule has 0 saturated heterocycles. The summed E-state index contributed by atoms with van der Waals surface area (Å²) in [5.41, 5.74) is 2.00. The zero-order valence-corrected chi connectivity index (χ0v) is 8.53. The Labute approximate surface area is 84.1 Å². The van der Waals surface area contributed by atoms with E-state index in [1.165, 1.54) is 0 Å². The number of imidazole rings is 1. The molecule has 13 heavy (non-hydrogen) atoms. The van der Waals surface area contributed by atoms with E-state index in [1.54, 1.807) is 6.33 Å². The van der Waals surface area contributed by atoms with Crippen molar-refractivity contribution in [2.45, 2.75) is 6.54 Å². The topological polar surface area (TPSA) is 38.0 Å². The van der Waals surface area contributed by atoms with Gasteiger partial charge in [0.15, 0.2) is 0 Å². The fourth-order valence-electron chi connectivity index (χ4n) is 1.32. The van der Waals surface area contributed by atoms with Crippen molar-refractivity contribution in [1.29, 1.82) is 0 Å². The maximum atomic E-state index is 8.81. The van der Waals surface area contributed by atoms with Gasteiger partial charge in [0.05, 0.1) is 24.0 Å². The molecular weight excluding hydrogens is 232 g/mol. The predicted octanol–water partition coefficient (Wildman–Crippen LogP) is 1.79. The van der Waals surface area contributed by atoms with Gasteiger partial charge in [0.2, 0.25) is 0 Å². The van der Waals surface area contributed by atoms with Gasteiger partial charge in [0, 0.05) is 11.0 Å². The van der Waals surface area contributed by atoms with Crippen LogP contribution in [0.5, 0.6) is 0 Å². The van der Waals surface area contributed by atoms with Gasteiger partial charge < -0.3 is 9.67 Å². The van der Waals surface area contributed by atoms with Gasteiger partial charge in [0.25, 0.3) is 0 Å². The maximum absolute atomic E-state index is 8.81. The molecule has 3 nitrogen and oxygen atoms in total. The average molecular weight is 241 g/mol. The number of benzene rings is 1. The van der Waals surface area contributed by atoms with Crippen molar-refractivity contribution in [3.8, 4) is 0 Å². The summed E-state index contributed by atoms with van der Waals surface area (Å²) in [5.74, 6) is 0. The summed E-state index contributed by atoms with van der Waals surface area (Å²) in [7, 11) is 0. The van der Waals surface area contributed by atoms with E-state index in [1.807, 2.05) is 22.8 Å². The van der Waals surface area contributed by atoms with E-state index in [0.29, 0.717) is 6.54 Å². The third-order valence-electron chi connectivity index (χ3n) is 1.92. The van der Waals surface area contributed by atoms with Crippen LogP contribution in [-0.4, -0.2) is 21.3 Å². The Kier molecular flexibility index (Phi) is 2.33. The molecule has 4 heteroatoms. The number of hydrogen-bond donors (Lipinski definition) is 1. The summed E-state index contributed by atoms with van der Waals surface area (Å²) in [5, 5.41) is 8.81. The van der Waals surface area contributed by atoms with Gasteiger partial charge in [-0.05, 0) is 18.2 Å². The second kappa shape index (κ2) is 3.47. The molecule has 0 saturated carbocycles. The van der Waals surface area contributed by atoms with Crippen LogP contribution in [-0.2, 0) is 6.54 Å². The molecule has 2 aromatic rings. The van der Waals surface area contributed by atoms with Gasteiger partial charge >= 0.3 is 0 Å². The van der Waals surface area contributed by atoms with Crippen molar-refractivity contribution >= 4 is 27.0 Å². The normalized spacial score (nSPS) is 10.9. The molecule has 1 heterocycles. The van der Waals surface area contributed by atoms with E-state index in [2.05, 4.69) is 20.9 Å². The lowest BCUT2D eigenvalue weighted by Gasteiger charge is -2.00. The van der Waals surface area contributed by atoms with Crippen molar-refractivity contribution in [1.82, 2.24) is 9.55 Å². The minimum atomic E-state index is 0.137. The summed E-state index contributed by atoms with van der Waals surface area (Å²) in [6.07, 6.45) is 1.74. The van der Waals surface area contributed by atoms with Gasteiger partial charge in [-0.3, -0.25) is 0 Å². The van der Waals surface area contributed by atoms with Crippen molar-refractivity contribution in [3.63, 3.8) is 0 Å². The molecular formula is C9H9BrN2O. The van der Waals surface area contributed by atoms with E-state index < -0.39 is 0 Å². The van der Waals surface area contributed by atoms with E-state index in [9.17, 15) is 0 Å². The van der Waals surface area contributed by atoms with Crippen LogP contribution in [0, 0.1) is 0 Å². The van der Waals surface area contributed by atoms with Crippen molar-refractivity contribution in [2.24, 2.45) is 0 Å². The third-order valence-corrected chi connectivity index (χ3v) is 2.42. The fraction of sp³-hybridized carbons (Fsp3) is 0.222. The average Bonchev–Trinajstić information content (AvgIpc) is 2.49. The Morgan fingerprint density at radius 3 is 3.08 bits per heavy atom. The Bertz CT molecular complexity index is 424. The summed E-state index contributed by atoms with van der Waals surface area (Å²) in [6.45, 7) is 0.727. The maximum Gasteiger partial charge on any atom is 0.0959 e. The smallest absolute Gasteiger partial charge is 0.0959 e. The first-order valence-corrected chi connectivity index (χ1v) is 4.82. The minimum absolute atomic E-state index is 0.137. The van der Waals surface area contributed by atoms with Crippen LogP contribution >= 0.6 is 15.9 Å². The molecule has 0 amide bonds. The van der Waals surface area contributed by atoms with Crippen molar-refractivity contribution in [2.75, 3.05) is 6.61 Å². The van der Waals surface area contributed by atoms with Crippen LogP contribution in [0.15, 0.2) is 29.0 Å². The van der Waals surface area contributed by atoms with Crippen LogP contribution in [0.1, 0.15) is 0 Å². The molecule has 0 atom stereocenters. The summed E-state index contributed by atoms with van der Waals surface area (Å²) >= 11 is 3.40. The standard InChI is InChI=1S/C9H9BrN2O/c10-7-1-2-8-9(5-7)12(3-4-13)6-11-8/h1-2,5-6,13H,3-4H2. The van der Waals surface area contributed by atoms with Gasteiger partial charge in [-0.25, -0.2) is 4.98 Å². The Morgan fingerprint density at radius 1 is 1.46 bits per heavy atom. The molecule has 1 aromatic carbocycles. The van der Waals surface area contributed by atoms with Crippen LogP contribution < -0.4 is 0 Å². The third kappa shape index (κ3) is 1.59. The van der Waals surface area contributed by atoms with Gasteiger partial charge in [-0.15, -0.1) is 0 Å². The number of rotatable bonds is 2. The lowest BCUT2D eigenvalue weighted by molar-refractivity contribution is 0.278. The Hall–Kier alpha value is -0.870. The van der Waals surface area contributed by atoms with E-state index in [4.69, 9.17) is 5.11 Å². The molecule has 1 N–H and O–H groups in total. The molecule has 0 bridgehead atoms. The summed E-state index contributed by atoms with van der Waals surface area (Å²) < 4.78 is 2.96. The molecule has 0 fully saturated rings. The zero-order chi connectivity index (χ0) is 9.26. The lowest BCUT2D eigenvalue weighted by Crippen LogP contribution is -1.99. The van der Waals surface area contributed by atoms with Gasteiger partial charge in [-0.2, -0.15) is 0 Å². The highest BCUT2D eigenvalue weighted by Gasteiger charge is 2.01. The number of aromatic nitrogens is 2. The number of fused-ring (bicyclic) bond motifs is 1. The van der Waals surface area contributed by atoms with Gasteiger partial charge in [0.1, 0.15) is 0 Å². The Balaban J connectivity index is 2.58. The number of aliphatic hydroxyl groups excluding tert-OH is 1. The van der Waals surface area contributed by atoms with Crippen molar-refractivity contribution in [3.05, 3.63) is 29.0 Å². The molecule has 0 aliphatic carbocycles.